The van der Waals surface area contributed by atoms with Crippen molar-refractivity contribution in [2.45, 2.75) is 13.5 Å². The highest BCUT2D eigenvalue weighted by Gasteiger charge is 2.13. The van der Waals surface area contributed by atoms with Crippen LogP contribution in [-0.2, 0) is 6.54 Å². The number of nitrogens with zero attached hydrogens (tertiary/aromatic N) is 1. The van der Waals surface area contributed by atoms with Gasteiger partial charge in [-0.1, -0.05) is 12.2 Å². The van der Waals surface area contributed by atoms with Gasteiger partial charge in [-0.25, -0.2) is 9.37 Å². The van der Waals surface area contributed by atoms with Crippen LogP contribution in [0.4, 0.5) is 10.1 Å². The van der Waals surface area contributed by atoms with E-state index in [0.717, 1.165) is 0 Å². The summed E-state index contributed by atoms with van der Waals surface area (Å²) in [4.78, 5) is 4.16. The molecule has 0 unspecified atom stereocenters. The Morgan fingerprint density at radius 2 is 2.32 bits per heavy atom. The molecule has 0 saturated heterocycles. The summed E-state index contributed by atoms with van der Waals surface area (Å²) in [6.45, 7) is 2.09. The van der Waals surface area contributed by atoms with Crippen LogP contribution in [0.5, 0.6) is 0 Å². The van der Waals surface area contributed by atoms with Crippen molar-refractivity contribution in [2.24, 2.45) is 5.73 Å². The van der Waals surface area contributed by atoms with E-state index in [1.807, 2.05) is 0 Å². The second kappa shape index (κ2) is 5.66. The zero-order valence-corrected chi connectivity index (χ0v) is 12.4. The van der Waals surface area contributed by atoms with Crippen molar-refractivity contribution in [3.8, 4) is 0 Å². The van der Waals surface area contributed by atoms with Gasteiger partial charge in [0.2, 0.25) is 5.89 Å². The monoisotopic (exact) mass is 343 g/mol. The number of aryl methyl sites for hydroxylation is 1. The third kappa shape index (κ3) is 3.10. The van der Waals surface area contributed by atoms with E-state index in [0.29, 0.717) is 29.4 Å². The Hall–Kier alpha value is -1.47. The number of halogens is 2. The van der Waals surface area contributed by atoms with E-state index in [1.165, 1.54) is 0 Å². The summed E-state index contributed by atoms with van der Waals surface area (Å²) in [6, 6.07) is 3.23. The SMILES string of the molecule is Cc1cnc(CNc2ccc(C(N)=S)c(Br)c2F)o1. The van der Waals surface area contributed by atoms with Crippen LogP contribution in [0.2, 0.25) is 0 Å². The predicted molar refractivity (Wildman–Crippen MR) is 78.6 cm³/mol. The van der Waals surface area contributed by atoms with Crippen molar-refractivity contribution in [1.82, 2.24) is 4.98 Å². The van der Waals surface area contributed by atoms with Crippen LogP contribution >= 0.6 is 28.1 Å². The van der Waals surface area contributed by atoms with Gasteiger partial charge in [0.15, 0.2) is 5.82 Å². The number of thiocarbonyl (C=S) groups is 1. The molecule has 1 heterocycles. The van der Waals surface area contributed by atoms with E-state index >= 15 is 0 Å². The van der Waals surface area contributed by atoms with Gasteiger partial charge in [0, 0.05) is 5.56 Å². The minimum Gasteiger partial charge on any atom is -0.444 e. The summed E-state index contributed by atoms with van der Waals surface area (Å²) in [6.07, 6.45) is 1.61. The maximum Gasteiger partial charge on any atom is 0.213 e. The van der Waals surface area contributed by atoms with Gasteiger partial charge >= 0.3 is 0 Å². The summed E-state index contributed by atoms with van der Waals surface area (Å²) in [7, 11) is 0. The lowest BCUT2D eigenvalue weighted by atomic mass is 10.2. The molecular formula is C12H11BrFN3OS. The molecule has 0 aliphatic carbocycles. The molecule has 100 valence electrons. The van der Waals surface area contributed by atoms with Crippen LogP contribution in [0.25, 0.3) is 0 Å². The van der Waals surface area contributed by atoms with E-state index < -0.39 is 5.82 Å². The molecule has 0 aliphatic heterocycles. The molecule has 1 aromatic carbocycles. The van der Waals surface area contributed by atoms with Crippen molar-refractivity contribution >= 4 is 38.8 Å². The van der Waals surface area contributed by atoms with Crippen LogP contribution in [0.15, 0.2) is 27.2 Å². The molecule has 0 fully saturated rings. The zero-order valence-electron chi connectivity index (χ0n) is 10.0. The fourth-order valence-corrected chi connectivity index (χ4v) is 2.39. The number of rotatable bonds is 4. The van der Waals surface area contributed by atoms with Crippen LogP contribution in [-0.4, -0.2) is 9.97 Å². The molecule has 0 radical (unpaired) electrons. The number of hydrogen-bond donors (Lipinski definition) is 2. The molecular weight excluding hydrogens is 333 g/mol. The summed E-state index contributed by atoms with van der Waals surface area (Å²) in [5.41, 5.74) is 6.28. The largest absolute Gasteiger partial charge is 0.444 e. The molecule has 0 saturated carbocycles. The van der Waals surface area contributed by atoms with Crippen molar-refractivity contribution in [2.75, 3.05) is 5.32 Å². The Labute approximate surface area is 123 Å². The van der Waals surface area contributed by atoms with Crippen molar-refractivity contribution in [3.05, 3.63) is 45.8 Å². The van der Waals surface area contributed by atoms with Gasteiger partial charge in [0.05, 0.1) is 22.9 Å². The lowest BCUT2D eigenvalue weighted by Gasteiger charge is -2.09. The van der Waals surface area contributed by atoms with E-state index in [4.69, 9.17) is 22.4 Å². The summed E-state index contributed by atoms with van der Waals surface area (Å²) >= 11 is 7.97. The van der Waals surface area contributed by atoms with Crippen molar-refractivity contribution < 1.29 is 8.81 Å². The first kappa shape index (κ1) is 14.0. The molecule has 7 heteroatoms. The van der Waals surface area contributed by atoms with E-state index in [9.17, 15) is 4.39 Å². The molecule has 2 aromatic rings. The average Bonchev–Trinajstić information content (AvgIpc) is 2.76. The first-order valence-electron chi connectivity index (χ1n) is 5.42. The number of oxazole rings is 1. The van der Waals surface area contributed by atoms with Gasteiger partial charge in [-0.2, -0.15) is 0 Å². The fraction of sp³-hybridized carbons (Fsp3) is 0.167. The Balaban J connectivity index is 2.17. The molecule has 0 amide bonds. The summed E-state index contributed by atoms with van der Waals surface area (Å²) < 4.78 is 19.6. The highest BCUT2D eigenvalue weighted by Crippen LogP contribution is 2.27. The Kier molecular flexibility index (Phi) is 4.16. The summed E-state index contributed by atoms with van der Waals surface area (Å²) in [5.74, 6) is 0.752. The fourth-order valence-electron chi connectivity index (χ4n) is 1.53. The van der Waals surface area contributed by atoms with Gasteiger partial charge < -0.3 is 15.5 Å². The third-order valence-corrected chi connectivity index (χ3v) is 3.44. The zero-order chi connectivity index (χ0) is 14.0. The van der Waals surface area contributed by atoms with Gasteiger partial charge in [0.1, 0.15) is 10.7 Å². The molecule has 19 heavy (non-hydrogen) atoms. The summed E-state index contributed by atoms with van der Waals surface area (Å²) in [5, 5.41) is 2.90. The van der Waals surface area contributed by atoms with E-state index in [2.05, 4.69) is 26.2 Å². The lowest BCUT2D eigenvalue weighted by molar-refractivity contribution is 0.478. The second-order valence-electron chi connectivity index (χ2n) is 3.87. The first-order chi connectivity index (χ1) is 8.99. The Bertz CT molecular complexity index is 629. The number of aromatic nitrogens is 1. The normalized spacial score (nSPS) is 10.5. The van der Waals surface area contributed by atoms with Crippen molar-refractivity contribution in [1.29, 1.82) is 0 Å². The van der Waals surface area contributed by atoms with Crippen LogP contribution in [0.3, 0.4) is 0 Å². The third-order valence-electron chi connectivity index (χ3n) is 2.45. The highest BCUT2D eigenvalue weighted by molar-refractivity contribution is 9.10. The molecule has 4 nitrogen and oxygen atoms in total. The van der Waals surface area contributed by atoms with Crippen LogP contribution in [0, 0.1) is 12.7 Å². The molecule has 1 aromatic heterocycles. The molecule has 0 aliphatic rings. The molecule has 0 bridgehead atoms. The minimum atomic E-state index is -0.450. The number of nitrogens with two attached hydrogens (primary N) is 1. The minimum absolute atomic E-state index is 0.139. The van der Waals surface area contributed by atoms with Crippen molar-refractivity contribution in [3.63, 3.8) is 0 Å². The van der Waals surface area contributed by atoms with Crippen LogP contribution < -0.4 is 11.1 Å². The maximum atomic E-state index is 14.1. The van der Waals surface area contributed by atoms with Gasteiger partial charge in [0.25, 0.3) is 0 Å². The maximum absolute atomic E-state index is 14.1. The highest BCUT2D eigenvalue weighted by atomic mass is 79.9. The first-order valence-corrected chi connectivity index (χ1v) is 6.62. The van der Waals surface area contributed by atoms with Gasteiger partial charge in [-0.05, 0) is 35.0 Å². The topological polar surface area (TPSA) is 64.1 Å². The lowest BCUT2D eigenvalue weighted by Crippen LogP contribution is -2.12. The standard InChI is InChI=1S/C12H11BrFN3OS/c1-6-4-17-9(18-6)5-16-8-3-2-7(12(15)19)10(13)11(8)14/h2-4,16H,5H2,1H3,(H2,15,19). The molecule has 0 spiro atoms. The number of anilines is 1. The smallest absolute Gasteiger partial charge is 0.213 e. The second-order valence-corrected chi connectivity index (χ2v) is 5.10. The Morgan fingerprint density at radius 1 is 1.58 bits per heavy atom. The Morgan fingerprint density at radius 3 is 2.89 bits per heavy atom. The number of hydrogen-bond acceptors (Lipinski definition) is 4. The number of nitrogens with one attached hydrogen (secondary N) is 1. The molecule has 3 N–H and O–H groups in total. The molecule has 2 rings (SSSR count). The van der Waals surface area contributed by atoms with Gasteiger partial charge in [-0.3, -0.25) is 0 Å². The van der Waals surface area contributed by atoms with Crippen LogP contribution in [0.1, 0.15) is 17.2 Å². The molecule has 0 atom stereocenters. The van der Waals surface area contributed by atoms with Gasteiger partial charge in [-0.15, -0.1) is 0 Å². The average molecular weight is 344 g/mol. The number of benzene rings is 1. The predicted octanol–water partition coefficient (Wildman–Crippen LogP) is 3.13. The van der Waals surface area contributed by atoms with E-state index in [-0.39, 0.29) is 9.46 Å². The van der Waals surface area contributed by atoms with E-state index in [1.54, 1.807) is 25.3 Å². The quantitative estimate of drug-likeness (QED) is 0.835.